The number of halogens is 2. The van der Waals surface area contributed by atoms with Crippen LogP contribution >= 0.6 is 23.2 Å². The summed E-state index contributed by atoms with van der Waals surface area (Å²) in [5.74, 6) is 0. The minimum atomic E-state index is -4.55. The summed E-state index contributed by atoms with van der Waals surface area (Å²) in [5.41, 5.74) is 11.0. The first kappa shape index (κ1) is 25.9. The zero-order valence-corrected chi connectivity index (χ0v) is 17.9. The molecule has 0 spiro atoms. The fraction of sp³-hybridized carbons (Fsp3) is 0.143. The Morgan fingerprint density at radius 3 is 1.19 bits per heavy atom. The van der Waals surface area contributed by atoms with Crippen molar-refractivity contribution in [1.29, 1.82) is 0 Å². The first-order valence-electron chi connectivity index (χ1n) is 6.68. The second kappa shape index (κ2) is 9.42. The van der Waals surface area contributed by atoms with E-state index in [4.69, 9.17) is 34.7 Å². The largest absolute Gasteiger partial charge is 2.00 e. The SMILES string of the molecule is Cc1ccc(Cl)c(N)c1S(=O)(=O)[O-].Cc1ccc(Cl)c(N)c1S(=O)(=O)[O-].[Ni+2]. The second-order valence-corrected chi connectivity index (χ2v) is 8.57. The van der Waals surface area contributed by atoms with Gasteiger partial charge in [0.2, 0.25) is 0 Å². The Labute approximate surface area is 177 Å². The summed E-state index contributed by atoms with van der Waals surface area (Å²) in [6.07, 6.45) is 0. The third kappa shape index (κ3) is 6.50. The summed E-state index contributed by atoms with van der Waals surface area (Å²) in [4.78, 5) is -0.861. The van der Waals surface area contributed by atoms with Crippen molar-refractivity contribution in [3.05, 3.63) is 45.4 Å². The van der Waals surface area contributed by atoms with Crippen LogP contribution in [-0.2, 0) is 36.7 Å². The molecule has 0 radical (unpaired) electrons. The van der Waals surface area contributed by atoms with Gasteiger partial charge in [-0.25, -0.2) is 16.8 Å². The Hall–Kier alpha value is -1.07. The molecule has 2 aromatic rings. The molecule has 0 aliphatic heterocycles. The smallest absolute Gasteiger partial charge is 0.744 e. The average Bonchev–Trinajstić information content (AvgIpc) is 2.45. The monoisotopic (exact) mass is 498 g/mol. The number of aryl methyl sites for hydroxylation is 2. The first-order valence-corrected chi connectivity index (χ1v) is 10.3. The Balaban J connectivity index is 0.000000483. The van der Waals surface area contributed by atoms with Crippen molar-refractivity contribution in [2.75, 3.05) is 11.5 Å². The van der Waals surface area contributed by atoms with E-state index in [1.807, 2.05) is 0 Å². The molecule has 2 rings (SSSR count). The van der Waals surface area contributed by atoms with Crippen molar-refractivity contribution in [2.24, 2.45) is 0 Å². The normalized spacial score (nSPS) is 11.2. The zero-order chi connectivity index (χ0) is 20.4. The van der Waals surface area contributed by atoms with Crippen molar-refractivity contribution in [3.8, 4) is 0 Å². The van der Waals surface area contributed by atoms with Gasteiger partial charge in [0, 0.05) is 0 Å². The maximum absolute atomic E-state index is 10.7. The third-order valence-corrected chi connectivity index (χ3v) is 5.92. The van der Waals surface area contributed by atoms with Crippen LogP contribution in [0.4, 0.5) is 11.4 Å². The van der Waals surface area contributed by atoms with Crippen molar-refractivity contribution >= 4 is 54.8 Å². The minimum absolute atomic E-state index is 0. The van der Waals surface area contributed by atoms with E-state index in [1.165, 1.54) is 38.1 Å². The number of hydrogen-bond donors (Lipinski definition) is 2. The van der Waals surface area contributed by atoms with Gasteiger partial charge in [0.05, 0.1) is 31.2 Å². The molecule has 0 aliphatic carbocycles. The van der Waals surface area contributed by atoms with Gasteiger partial charge in [-0.3, -0.25) is 0 Å². The standard InChI is InChI=1S/2C7H8ClNO3S.Ni/c2*1-4-2-3-5(8)6(9)7(4)13(10,11)12;/h2*2-3H,9H2,1H3,(H,10,11,12);/q;;+2/p-2. The third-order valence-electron chi connectivity index (χ3n) is 3.18. The number of nitrogen functional groups attached to an aromatic ring is 2. The fourth-order valence-electron chi connectivity index (χ4n) is 2.03. The predicted octanol–water partition coefficient (Wildman–Crippen LogP) is 2.27. The fourth-order valence-corrected chi connectivity index (χ4v) is 4.14. The van der Waals surface area contributed by atoms with Crippen LogP contribution in [0.2, 0.25) is 10.0 Å². The maximum Gasteiger partial charge on any atom is 2.00 e. The van der Waals surface area contributed by atoms with Gasteiger partial charge in [0.25, 0.3) is 0 Å². The molecule has 0 aliphatic rings. The van der Waals surface area contributed by atoms with Crippen molar-refractivity contribution in [3.63, 3.8) is 0 Å². The molecule has 0 bridgehead atoms. The van der Waals surface area contributed by atoms with Gasteiger partial charge >= 0.3 is 16.5 Å². The van der Waals surface area contributed by atoms with Crippen LogP contribution in [0.3, 0.4) is 0 Å². The quantitative estimate of drug-likeness (QED) is 0.360. The molecule has 0 heterocycles. The molecule has 4 N–H and O–H groups in total. The van der Waals surface area contributed by atoms with Gasteiger partial charge < -0.3 is 20.6 Å². The molecule has 27 heavy (non-hydrogen) atoms. The van der Waals surface area contributed by atoms with Crippen molar-refractivity contribution in [1.82, 2.24) is 0 Å². The average molecular weight is 500 g/mol. The van der Waals surface area contributed by atoms with Crippen LogP contribution in [0.1, 0.15) is 11.1 Å². The van der Waals surface area contributed by atoms with Crippen molar-refractivity contribution < 1.29 is 42.4 Å². The van der Waals surface area contributed by atoms with Gasteiger partial charge in [0.1, 0.15) is 20.2 Å². The summed E-state index contributed by atoms with van der Waals surface area (Å²) in [6, 6.07) is 5.76. The van der Waals surface area contributed by atoms with Gasteiger partial charge in [-0.05, 0) is 37.1 Å². The zero-order valence-electron chi connectivity index (χ0n) is 13.8. The number of nitrogens with two attached hydrogens (primary N) is 2. The second-order valence-electron chi connectivity index (χ2n) is 5.12. The molecule has 0 atom stereocenters. The van der Waals surface area contributed by atoms with Crippen LogP contribution in [0, 0.1) is 13.8 Å². The Morgan fingerprint density at radius 1 is 0.741 bits per heavy atom. The number of rotatable bonds is 2. The predicted molar refractivity (Wildman–Crippen MR) is 97.1 cm³/mol. The summed E-state index contributed by atoms with van der Waals surface area (Å²) < 4.78 is 64.4. The number of benzene rings is 2. The molecule has 0 saturated carbocycles. The molecule has 8 nitrogen and oxygen atoms in total. The topological polar surface area (TPSA) is 166 Å². The Kier molecular flexibility index (Phi) is 9.05. The molecule has 152 valence electrons. The van der Waals surface area contributed by atoms with E-state index in [-0.39, 0.29) is 37.9 Å². The van der Waals surface area contributed by atoms with Crippen LogP contribution in [-0.4, -0.2) is 25.9 Å². The van der Waals surface area contributed by atoms with Gasteiger partial charge in [0.15, 0.2) is 0 Å². The summed E-state index contributed by atoms with van der Waals surface area (Å²) in [5, 5.41) is 0.139. The van der Waals surface area contributed by atoms with Crippen LogP contribution in [0.15, 0.2) is 34.1 Å². The Bertz CT molecular complexity index is 974. The van der Waals surface area contributed by atoms with E-state index in [2.05, 4.69) is 0 Å². The molecule has 0 amide bonds. The van der Waals surface area contributed by atoms with E-state index < -0.39 is 30.0 Å². The minimum Gasteiger partial charge on any atom is -0.744 e. The molecule has 0 aromatic heterocycles. The Morgan fingerprint density at radius 2 is 1.00 bits per heavy atom. The van der Waals surface area contributed by atoms with E-state index in [0.717, 1.165) is 0 Å². The molecule has 2 aromatic carbocycles. The van der Waals surface area contributed by atoms with E-state index >= 15 is 0 Å². The van der Waals surface area contributed by atoms with E-state index in [9.17, 15) is 25.9 Å². The molecular weight excluding hydrogens is 486 g/mol. The summed E-state index contributed by atoms with van der Waals surface area (Å²) in [7, 11) is -9.09. The van der Waals surface area contributed by atoms with Crippen LogP contribution < -0.4 is 11.5 Å². The van der Waals surface area contributed by atoms with Gasteiger partial charge in [-0.1, -0.05) is 35.3 Å². The van der Waals surface area contributed by atoms with Gasteiger partial charge in [-0.2, -0.15) is 0 Å². The van der Waals surface area contributed by atoms with E-state index in [1.54, 1.807) is 0 Å². The molecule has 13 heteroatoms. The number of anilines is 2. The summed E-state index contributed by atoms with van der Waals surface area (Å²) >= 11 is 11.1. The summed E-state index contributed by atoms with van der Waals surface area (Å²) in [6.45, 7) is 2.97. The molecule has 0 fully saturated rings. The maximum atomic E-state index is 10.7. The van der Waals surface area contributed by atoms with Crippen LogP contribution in [0.25, 0.3) is 0 Å². The first-order chi connectivity index (χ1) is 11.7. The molecule has 0 unspecified atom stereocenters. The van der Waals surface area contributed by atoms with Crippen molar-refractivity contribution in [2.45, 2.75) is 23.6 Å². The molecule has 0 saturated heterocycles. The number of hydrogen-bond acceptors (Lipinski definition) is 8. The van der Waals surface area contributed by atoms with Gasteiger partial charge in [-0.15, -0.1) is 0 Å². The van der Waals surface area contributed by atoms with Crippen LogP contribution in [0.5, 0.6) is 0 Å². The van der Waals surface area contributed by atoms with E-state index in [0.29, 0.717) is 11.1 Å². The molecular formula is C14H14Cl2N2NiO6S2.